The Bertz CT molecular complexity index is 1290. The fourth-order valence-corrected chi connectivity index (χ4v) is 5.98. The number of benzene rings is 1. The van der Waals surface area contributed by atoms with Crippen LogP contribution in [0.15, 0.2) is 30.5 Å². The molecule has 2 unspecified atom stereocenters. The molecular formula is C29H35F4N5O3. The zero-order valence-corrected chi connectivity index (χ0v) is 23.1. The van der Waals surface area contributed by atoms with Gasteiger partial charge in [-0.05, 0) is 87.5 Å². The van der Waals surface area contributed by atoms with Crippen molar-refractivity contribution < 1.29 is 31.9 Å². The molecule has 1 aliphatic heterocycles. The van der Waals surface area contributed by atoms with Gasteiger partial charge in [-0.3, -0.25) is 19.1 Å². The van der Waals surface area contributed by atoms with E-state index in [0.29, 0.717) is 29.6 Å². The molecule has 3 atom stereocenters. The fourth-order valence-electron chi connectivity index (χ4n) is 5.98. The Morgan fingerprint density at radius 1 is 1.07 bits per heavy atom. The molecule has 41 heavy (non-hydrogen) atoms. The fraction of sp³-hybridized carbons (Fsp3) is 0.586. The quantitative estimate of drug-likeness (QED) is 0.399. The van der Waals surface area contributed by atoms with Crippen LogP contribution in [-0.4, -0.2) is 57.7 Å². The van der Waals surface area contributed by atoms with E-state index in [1.165, 1.54) is 30.2 Å². The lowest BCUT2D eigenvalue weighted by molar-refractivity contribution is -0.171. The van der Waals surface area contributed by atoms with Gasteiger partial charge in [0.1, 0.15) is 17.6 Å². The Balaban J connectivity index is 1.29. The number of alkyl halides is 3. The van der Waals surface area contributed by atoms with Crippen molar-refractivity contribution in [2.45, 2.75) is 70.6 Å². The Kier molecular flexibility index (Phi) is 8.11. The highest BCUT2D eigenvalue weighted by Crippen LogP contribution is 2.51. The minimum Gasteiger partial charge on any atom is -0.342 e. The summed E-state index contributed by atoms with van der Waals surface area (Å²) < 4.78 is 55.9. The topological polar surface area (TPSA) is 96.3 Å². The molecule has 0 radical (unpaired) electrons. The number of anilines is 1. The third-order valence-electron chi connectivity index (χ3n) is 8.62. The second-order valence-electron chi connectivity index (χ2n) is 11.5. The molecular weight excluding hydrogens is 542 g/mol. The van der Waals surface area contributed by atoms with E-state index in [4.69, 9.17) is 0 Å². The summed E-state index contributed by atoms with van der Waals surface area (Å²) in [6.07, 6.45) is 0.909. The minimum atomic E-state index is -4.36. The maximum absolute atomic E-state index is 15.2. The van der Waals surface area contributed by atoms with Crippen molar-refractivity contribution in [2.24, 2.45) is 23.7 Å². The predicted octanol–water partition coefficient (Wildman–Crippen LogP) is 4.73. The van der Waals surface area contributed by atoms with Gasteiger partial charge in [-0.1, -0.05) is 6.07 Å². The summed E-state index contributed by atoms with van der Waals surface area (Å²) in [4.78, 5) is 40.8. The lowest BCUT2D eigenvalue weighted by Gasteiger charge is -2.28. The number of hydrogen-bond donors (Lipinski definition) is 2. The normalized spacial score (nSPS) is 20.7. The van der Waals surface area contributed by atoms with Gasteiger partial charge in [0.25, 0.3) is 5.91 Å². The predicted molar refractivity (Wildman–Crippen MR) is 142 cm³/mol. The van der Waals surface area contributed by atoms with Crippen LogP contribution < -0.4 is 10.6 Å². The lowest BCUT2D eigenvalue weighted by Crippen LogP contribution is -2.50. The highest BCUT2D eigenvalue weighted by Gasteiger charge is 2.49. The molecule has 3 amide bonds. The summed E-state index contributed by atoms with van der Waals surface area (Å²) in [6, 6.07) is 4.69. The number of carbonyl (C=O) groups excluding carboxylic acids is 3. The molecule has 0 spiro atoms. The number of likely N-dealkylation sites (tertiary alicyclic amines) is 1. The van der Waals surface area contributed by atoms with Gasteiger partial charge < -0.3 is 15.5 Å². The van der Waals surface area contributed by atoms with E-state index in [-0.39, 0.29) is 24.6 Å². The van der Waals surface area contributed by atoms with Gasteiger partial charge in [0.05, 0.1) is 17.5 Å². The maximum atomic E-state index is 15.2. The number of aryl methyl sites for hydroxylation is 1. The minimum absolute atomic E-state index is 0.000714. The Labute approximate surface area is 235 Å². The first-order chi connectivity index (χ1) is 19.5. The molecule has 0 bridgehead atoms. The monoisotopic (exact) mass is 577 g/mol. The first kappa shape index (κ1) is 29.1. The van der Waals surface area contributed by atoms with E-state index in [2.05, 4.69) is 15.7 Å². The molecule has 3 aliphatic rings. The number of carbonyl (C=O) groups is 3. The van der Waals surface area contributed by atoms with Crippen molar-refractivity contribution in [3.63, 3.8) is 0 Å². The highest BCUT2D eigenvalue weighted by molar-refractivity contribution is 6.01. The van der Waals surface area contributed by atoms with Crippen molar-refractivity contribution >= 4 is 23.4 Å². The number of hydrogen-bond acceptors (Lipinski definition) is 4. The number of aromatic nitrogens is 2. The first-order valence-electron chi connectivity index (χ1n) is 14.3. The van der Waals surface area contributed by atoms with Crippen LogP contribution in [0.3, 0.4) is 0 Å². The Hall–Kier alpha value is -3.44. The number of halogens is 4. The molecule has 2 saturated carbocycles. The molecule has 12 heteroatoms. The second kappa shape index (κ2) is 11.4. The summed E-state index contributed by atoms with van der Waals surface area (Å²) in [5.74, 6) is -4.05. The molecule has 2 aliphatic carbocycles. The van der Waals surface area contributed by atoms with Crippen molar-refractivity contribution in [3.05, 3.63) is 47.5 Å². The van der Waals surface area contributed by atoms with Crippen LogP contribution in [0, 0.1) is 29.5 Å². The van der Waals surface area contributed by atoms with Crippen molar-refractivity contribution in [3.8, 4) is 0 Å². The van der Waals surface area contributed by atoms with Gasteiger partial charge in [0.2, 0.25) is 11.8 Å². The van der Waals surface area contributed by atoms with Crippen molar-refractivity contribution in [2.75, 3.05) is 18.4 Å². The smallest absolute Gasteiger partial charge is 0.342 e. The van der Waals surface area contributed by atoms with Gasteiger partial charge >= 0.3 is 6.18 Å². The molecule has 1 aromatic heterocycles. The molecule has 5 rings (SSSR count). The van der Waals surface area contributed by atoms with Crippen LogP contribution >= 0.6 is 0 Å². The van der Waals surface area contributed by atoms with Gasteiger partial charge in [-0.15, -0.1) is 0 Å². The highest BCUT2D eigenvalue weighted by atomic mass is 19.4. The average Bonchev–Trinajstić information content (AvgIpc) is 3.85. The molecule has 2 heterocycles. The molecule has 3 fully saturated rings. The summed E-state index contributed by atoms with van der Waals surface area (Å²) in [6.45, 7) is 3.47. The van der Waals surface area contributed by atoms with Gasteiger partial charge in [0, 0.05) is 25.8 Å². The van der Waals surface area contributed by atoms with Crippen LogP contribution in [0.2, 0.25) is 0 Å². The number of nitrogens with one attached hydrogen (secondary N) is 2. The van der Waals surface area contributed by atoms with Crippen LogP contribution in [0.5, 0.6) is 0 Å². The summed E-state index contributed by atoms with van der Waals surface area (Å²) in [5.41, 5.74) is 0.539. The van der Waals surface area contributed by atoms with Gasteiger partial charge in [-0.2, -0.15) is 18.3 Å². The maximum Gasteiger partial charge on any atom is 0.393 e. The molecule has 8 nitrogen and oxygen atoms in total. The SMILES string of the molecule is CCn1nccc1C(=O)N[C@H](C(=O)Nc1ccc(C(C)C(=O)N2CCC(C(F)(F)F)C2)cc1F)C(C1CC1)C1CC1. The lowest BCUT2D eigenvalue weighted by atomic mass is 9.88. The van der Waals surface area contributed by atoms with E-state index < -0.39 is 54.1 Å². The van der Waals surface area contributed by atoms with E-state index in [9.17, 15) is 27.6 Å². The van der Waals surface area contributed by atoms with E-state index >= 15 is 4.39 Å². The largest absolute Gasteiger partial charge is 0.393 e. The molecule has 222 valence electrons. The molecule has 1 saturated heterocycles. The zero-order valence-electron chi connectivity index (χ0n) is 23.1. The van der Waals surface area contributed by atoms with Crippen LogP contribution in [0.1, 0.15) is 67.9 Å². The molecule has 2 aromatic rings. The Morgan fingerprint density at radius 3 is 2.32 bits per heavy atom. The molecule has 1 aromatic carbocycles. The standard InChI is InChI=1S/C29H35F4N5O3/c1-3-38-23(10-12-34-38)26(39)36-25(24(17-4-5-17)18-6-7-18)27(40)35-22-9-8-19(14-21(22)30)16(2)28(41)37-13-11-20(15-37)29(31,32)33/h8-10,12,14,16-18,20,24-25H,3-7,11,13,15H2,1-2H3,(H,35,40)(H,36,39)/t16?,20?,25-/m0/s1. The average molecular weight is 578 g/mol. The number of nitrogens with zero attached hydrogens (tertiary/aromatic N) is 3. The van der Waals surface area contributed by atoms with Crippen LogP contribution in [0.25, 0.3) is 0 Å². The summed E-state index contributed by atoms with van der Waals surface area (Å²) in [7, 11) is 0. The van der Waals surface area contributed by atoms with E-state index in [0.717, 1.165) is 31.7 Å². The van der Waals surface area contributed by atoms with Crippen molar-refractivity contribution in [1.29, 1.82) is 0 Å². The second-order valence-corrected chi connectivity index (χ2v) is 11.5. The Morgan fingerprint density at radius 2 is 1.76 bits per heavy atom. The summed E-state index contributed by atoms with van der Waals surface area (Å²) in [5, 5.41) is 9.67. The van der Waals surface area contributed by atoms with Crippen molar-refractivity contribution in [1.82, 2.24) is 20.0 Å². The number of rotatable bonds is 10. The van der Waals surface area contributed by atoms with Crippen LogP contribution in [0.4, 0.5) is 23.2 Å². The molecule has 2 N–H and O–H groups in total. The van der Waals surface area contributed by atoms with Gasteiger partial charge in [0.15, 0.2) is 0 Å². The van der Waals surface area contributed by atoms with E-state index in [1.807, 2.05) is 6.92 Å². The first-order valence-corrected chi connectivity index (χ1v) is 14.3. The summed E-state index contributed by atoms with van der Waals surface area (Å²) >= 11 is 0. The van der Waals surface area contributed by atoms with Crippen LogP contribution in [-0.2, 0) is 16.1 Å². The van der Waals surface area contributed by atoms with Gasteiger partial charge in [-0.25, -0.2) is 4.39 Å². The third kappa shape index (κ3) is 6.41. The third-order valence-corrected chi connectivity index (χ3v) is 8.62. The number of amides is 3. The van der Waals surface area contributed by atoms with E-state index in [1.54, 1.807) is 10.7 Å². The zero-order chi connectivity index (χ0) is 29.5.